The number of nitrogens with zero attached hydrogens (tertiary/aromatic N) is 4. The second kappa shape index (κ2) is 4.89. The van der Waals surface area contributed by atoms with Crippen LogP contribution in [-0.2, 0) is 0 Å². The first-order chi connectivity index (χ1) is 8.10. The molecule has 0 radical (unpaired) electrons. The summed E-state index contributed by atoms with van der Waals surface area (Å²) < 4.78 is 0. The van der Waals surface area contributed by atoms with Gasteiger partial charge in [0.05, 0.1) is 6.20 Å². The van der Waals surface area contributed by atoms with Crippen molar-refractivity contribution in [2.45, 2.75) is 20.3 Å². The monoisotopic (exact) mass is 250 g/mol. The normalized spacial score (nSPS) is 24.5. The van der Waals surface area contributed by atoms with Gasteiger partial charge in [-0.05, 0) is 29.9 Å². The van der Waals surface area contributed by atoms with Crippen molar-refractivity contribution in [3.05, 3.63) is 17.0 Å². The Kier molecular flexibility index (Phi) is 3.49. The Hall–Kier alpha value is -1.34. The molecule has 0 amide bonds. The summed E-state index contributed by atoms with van der Waals surface area (Å²) in [6.07, 6.45) is 2.71. The molecule has 1 aliphatic heterocycles. The molecule has 1 saturated heterocycles. The van der Waals surface area contributed by atoms with Crippen LogP contribution < -0.4 is 4.90 Å². The van der Waals surface area contributed by atoms with E-state index in [0.29, 0.717) is 23.2 Å². The van der Waals surface area contributed by atoms with E-state index < -0.39 is 0 Å². The molecule has 0 N–H and O–H groups in total. The number of hydrogen-bond acceptors (Lipinski definition) is 4. The summed E-state index contributed by atoms with van der Waals surface area (Å²) in [4.78, 5) is 10.2. The summed E-state index contributed by atoms with van der Waals surface area (Å²) in [5.74, 6) is 1.89. The summed E-state index contributed by atoms with van der Waals surface area (Å²) in [5, 5.41) is 9.27. The van der Waals surface area contributed by atoms with Gasteiger partial charge in [0.15, 0.2) is 5.82 Å². The smallest absolute Gasteiger partial charge is 0.224 e. The van der Waals surface area contributed by atoms with E-state index in [9.17, 15) is 0 Å². The van der Waals surface area contributed by atoms with Crippen LogP contribution in [0.25, 0.3) is 0 Å². The van der Waals surface area contributed by atoms with Gasteiger partial charge in [-0.15, -0.1) is 0 Å². The zero-order valence-electron chi connectivity index (χ0n) is 10.0. The Morgan fingerprint density at radius 3 is 2.65 bits per heavy atom. The molecule has 1 aromatic heterocycles. The van der Waals surface area contributed by atoms with Crippen LogP contribution >= 0.6 is 11.6 Å². The van der Waals surface area contributed by atoms with Crippen LogP contribution in [0.5, 0.6) is 0 Å². The summed E-state index contributed by atoms with van der Waals surface area (Å²) in [6, 6.07) is 2.12. The van der Waals surface area contributed by atoms with Crippen molar-refractivity contribution >= 4 is 17.4 Å². The molecule has 1 aliphatic rings. The number of nitriles is 1. The molecule has 2 atom stereocenters. The molecule has 0 aliphatic carbocycles. The molecular weight excluding hydrogens is 236 g/mol. The van der Waals surface area contributed by atoms with Crippen LogP contribution in [-0.4, -0.2) is 23.1 Å². The number of rotatable bonds is 1. The van der Waals surface area contributed by atoms with Gasteiger partial charge in [0.1, 0.15) is 11.6 Å². The molecule has 0 saturated carbocycles. The lowest BCUT2D eigenvalue weighted by Crippen LogP contribution is -2.39. The Bertz CT molecular complexity index is 444. The van der Waals surface area contributed by atoms with Crippen LogP contribution in [0.4, 0.5) is 5.82 Å². The molecule has 17 heavy (non-hydrogen) atoms. The molecule has 1 fully saturated rings. The predicted molar refractivity (Wildman–Crippen MR) is 66.9 cm³/mol. The first-order valence-electron chi connectivity index (χ1n) is 5.77. The van der Waals surface area contributed by atoms with E-state index in [4.69, 9.17) is 16.9 Å². The summed E-state index contributed by atoms with van der Waals surface area (Å²) in [7, 11) is 0. The molecule has 2 rings (SSSR count). The van der Waals surface area contributed by atoms with Crippen molar-refractivity contribution in [2.24, 2.45) is 11.8 Å². The third-order valence-corrected chi connectivity index (χ3v) is 3.21. The Balaban J connectivity index is 2.33. The van der Waals surface area contributed by atoms with E-state index in [-0.39, 0.29) is 5.28 Å². The lowest BCUT2D eigenvalue weighted by molar-refractivity contribution is 0.355. The van der Waals surface area contributed by atoms with Crippen LogP contribution in [0.15, 0.2) is 6.20 Å². The minimum Gasteiger partial charge on any atom is -0.355 e. The van der Waals surface area contributed by atoms with E-state index >= 15 is 0 Å². The van der Waals surface area contributed by atoms with Gasteiger partial charge in [0.2, 0.25) is 5.28 Å². The fourth-order valence-electron chi connectivity index (χ4n) is 2.51. The number of halogens is 1. The van der Waals surface area contributed by atoms with Crippen LogP contribution in [0.3, 0.4) is 0 Å². The van der Waals surface area contributed by atoms with Crippen molar-refractivity contribution < 1.29 is 0 Å². The quantitative estimate of drug-likeness (QED) is 0.719. The predicted octanol–water partition coefficient (Wildman–Crippen LogP) is 2.48. The SMILES string of the molecule is CC1CC(C)CN(c2nc(Cl)ncc2C#N)C1. The van der Waals surface area contributed by atoms with E-state index in [0.717, 1.165) is 13.1 Å². The standard InChI is InChI=1S/C12H15ClN4/c1-8-3-9(2)7-17(6-8)11-10(4-14)5-15-12(13)16-11/h5,8-9H,3,6-7H2,1-2H3. The largest absolute Gasteiger partial charge is 0.355 e. The van der Waals surface area contributed by atoms with Gasteiger partial charge in [-0.1, -0.05) is 13.8 Å². The van der Waals surface area contributed by atoms with Gasteiger partial charge in [0, 0.05) is 13.1 Å². The Morgan fingerprint density at radius 1 is 1.41 bits per heavy atom. The van der Waals surface area contributed by atoms with Gasteiger partial charge >= 0.3 is 0 Å². The van der Waals surface area contributed by atoms with E-state index in [1.165, 1.54) is 12.6 Å². The molecule has 0 bridgehead atoms. The molecule has 2 heterocycles. The Labute approximate surface area is 106 Å². The maximum atomic E-state index is 9.07. The fraction of sp³-hybridized carbons (Fsp3) is 0.583. The first kappa shape index (κ1) is 12.1. The average Bonchev–Trinajstić information content (AvgIpc) is 2.27. The summed E-state index contributed by atoms with van der Waals surface area (Å²) in [6.45, 7) is 6.29. The molecular formula is C12H15ClN4. The third-order valence-electron chi connectivity index (χ3n) is 3.03. The highest BCUT2D eigenvalue weighted by Gasteiger charge is 2.24. The van der Waals surface area contributed by atoms with Crippen LogP contribution in [0, 0.1) is 23.2 Å². The molecule has 1 aromatic rings. The molecule has 5 heteroatoms. The Morgan fingerprint density at radius 2 is 2.06 bits per heavy atom. The highest BCUT2D eigenvalue weighted by atomic mass is 35.5. The zero-order valence-corrected chi connectivity index (χ0v) is 10.8. The van der Waals surface area contributed by atoms with Crippen molar-refractivity contribution in [1.29, 1.82) is 5.26 Å². The summed E-state index contributed by atoms with van der Waals surface area (Å²) >= 11 is 5.81. The zero-order chi connectivity index (χ0) is 12.4. The van der Waals surface area contributed by atoms with Crippen molar-refractivity contribution in [2.75, 3.05) is 18.0 Å². The summed E-state index contributed by atoms with van der Waals surface area (Å²) in [5.41, 5.74) is 0.496. The van der Waals surface area contributed by atoms with Crippen molar-refractivity contribution in [3.63, 3.8) is 0 Å². The second-order valence-electron chi connectivity index (χ2n) is 4.84. The average molecular weight is 251 g/mol. The van der Waals surface area contributed by atoms with Gasteiger partial charge in [0.25, 0.3) is 0 Å². The van der Waals surface area contributed by atoms with Gasteiger partial charge in [-0.25, -0.2) is 4.98 Å². The topological polar surface area (TPSA) is 52.8 Å². The number of hydrogen-bond donors (Lipinski definition) is 0. The lowest BCUT2D eigenvalue weighted by atomic mass is 9.92. The van der Waals surface area contributed by atoms with Crippen LogP contribution in [0.2, 0.25) is 5.28 Å². The highest BCUT2D eigenvalue weighted by Crippen LogP contribution is 2.27. The fourth-order valence-corrected chi connectivity index (χ4v) is 2.64. The third kappa shape index (κ3) is 2.67. The molecule has 0 spiro atoms. The van der Waals surface area contributed by atoms with E-state index in [1.54, 1.807) is 0 Å². The second-order valence-corrected chi connectivity index (χ2v) is 5.18. The number of piperidine rings is 1. The molecule has 90 valence electrons. The maximum absolute atomic E-state index is 9.07. The van der Waals surface area contributed by atoms with Crippen molar-refractivity contribution in [1.82, 2.24) is 9.97 Å². The number of anilines is 1. The minimum absolute atomic E-state index is 0.199. The van der Waals surface area contributed by atoms with Gasteiger partial charge < -0.3 is 4.90 Å². The van der Waals surface area contributed by atoms with Crippen LogP contribution in [0.1, 0.15) is 25.8 Å². The number of aromatic nitrogens is 2. The van der Waals surface area contributed by atoms with Gasteiger partial charge in [-0.2, -0.15) is 10.2 Å². The lowest BCUT2D eigenvalue weighted by Gasteiger charge is -2.36. The first-order valence-corrected chi connectivity index (χ1v) is 6.15. The minimum atomic E-state index is 0.199. The molecule has 0 aromatic carbocycles. The van der Waals surface area contributed by atoms with Crippen molar-refractivity contribution in [3.8, 4) is 6.07 Å². The maximum Gasteiger partial charge on any atom is 0.224 e. The molecule has 2 unspecified atom stereocenters. The highest BCUT2D eigenvalue weighted by molar-refractivity contribution is 6.28. The van der Waals surface area contributed by atoms with E-state index in [1.807, 2.05) is 0 Å². The molecule has 4 nitrogen and oxygen atoms in total. The van der Waals surface area contributed by atoms with E-state index in [2.05, 4.69) is 34.8 Å². The van der Waals surface area contributed by atoms with Gasteiger partial charge in [-0.3, -0.25) is 0 Å².